The fourth-order valence-corrected chi connectivity index (χ4v) is 1.52. The predicted molar refractivity (Wildman–Crippen MR) is 44.0 cm³/mol. The summed E-state index contributed by atoms with van der Waals surface area (Å²) in [6.07, 6.45) is -0.489. The first kappa shape index (κ1) is 8.26. The van der Waals surface area contributed by atoms with Gasteiger partial charge in [0.15, 0.2) is 0 Å². The van der Waals surface area contributed by atoms with E-state index in [0.29, 0.717) is 4.43 Å². The van der Waals surface area contributed by atoms with Crippen molar-refractivity contribution in [3.63, 3.8) is 0 Å². The smallest absolute Gasteiger partial charge is 0.309 e. The van der Waals surface area contributed by atoms with E-state index in [0.717, 1.165) is 0 Å². The van der Waals surface area contributed by atoms with Gasteiger partial charge in [-0.05, 0) is 6.92 Å². The lowest BCUT2D eigenvalue weighted by Gasteiger charge is -2.22. The summed E-state index contributed by atoms with van der Waals surface area (Å²) >= 11 is 2.09. The molecule has 0 aliphatic carbocycles. The Morgan fingerprint density at radius 2 is 2.60 bits per heavy atom. The highest BCUT2D eigenvalue weighted by Crippen LogP contribution is 2.28. The molecule has 0 amide bonds. The number of carbonyl (C=O) groups is 1. The summed E-state index contributed by atoms with van der Waals surface area (Å²) in [5.41, 5.74) is -0.641. The molecule has 1 fully saturated rings. The molecule has 1 aliphatic rings. The van der Waals surface area contributed by atoms with Gasteiger partial charge in [0.2, 0.25) is 0 Å². The minimum absolute atomic E-state index is 0.138. The van der Waals surface area contributed by atoms with E-state index in [1.165, 1.54) is 0 Å². The van der Waals surface area contributed by atoms with Crippen LogP contribution in [-0.2, 0) is 9.53 Å². The Kier molecular flexibility index (Phi) is 2.19. The number of rotatable bonds is 1. The molecule has 0 spiro atoms. The monoisotopic (exact) mass is 256 g/mol. The highest BCUT2D eigenvalue weighted by molar-refractivity contribution is 14.1. The van der Waals surface area contributed by atoms with Gasteiger partial charge in [0, 0.05) is 4.43 Å². The first-order chi connectivity index (χ1) is 4.58. The lowest BCUT2D eigenvalue weighted by molar-refractivity contribution is -0.146. The molecular weight excluding hydrogens is 247 g/mol. The number of esters is 1. The van der Waals surface area contributed by atoms with Gasteiger partial charge in [0.05, 0.1) is 6.42 Å². The molecule has 0 aromatic rings. The zero-order valence-corrected chi connectivity index (χ0v) is 7.79. The first-order valence-corrected chi connectivity index (χ1v) is 4.57. The average molecular weight is 256 g/mol. The van der Waals surface area contributed by atoms with E-state index >= 15 is 0 Å². The van der Waals surface area contributed by atoms with Gasteiger partial charge in [0.25, 0.3) is 0 Å². The van der Waals surface area contributed by atoms with Crippen molar-refractivity contribution in [1.29, 1.82) is 0 Å². The molecule has 1 saturated heterocycles. The number of halogens is 1. The van der Waals surface area contributed by atoms with Crippen molar-refractivity contribution in [3.8, 4) is 0 Å². The fraction of sp³-hybridized carbons (Fsp3) is 0.833. The molecular formula is C6H9IO3. The SMILES string of the molecule is C[C@]1(CI)OC(=O)C[C@H]1O. The molecule has 10 heavy (non-hydrogen) atoms. The van der Waals surface area contributed by atoms with E-state index in [1.807, 2.05) is 0 Å². The number of hydrogen-bond donors (Lipinski definition) is 1. The maximum absolute atomic E-state index is 10.6. The van der Waals surface area contributed by atoms with Crippen LogP contribution >= 0.6 is 22.6 Å². The number of cyclic esters (lactones) is 1. The molecule has 0 unspecified atom stereocenters. The van der Waals surface area contributed by atoms with Gasteiger partial charge in [0.1, 0.15) is 11.7 Å². The summed E-state index contributed by atoms with van der Waals surface area (Å²) in [6.45, 7) is 1.75. The van der Waals surface area contributed by atoms with Crippen molar-refractivity contribution in [2.24, 2.45) is 0 Å². The number of carbonyl (C=O) groups excluding carboxylic acids is 1. The van der Waals surface area contributed by atoms with Gasteiger partial charge in [-0.1, -0.05) is 22.6 Å². The molecule has 1 heterocycles. The third-order valence-electron chi connectivity index (χ3n) is 1.68. The molecule has 0 aromatic carbocycles. The van der Waals surface area contributed by atoms with Crippen molar-refractivity contribution in [2.75, 3.05) is 4.43 Å². The van der Waals surface area contributed by atoms with Crippen LogP contribution in [0.5, 0.6) is 0 Å². The fourth-order valence-electron chi connectivity index (χ4n) is 0.860. The van der Waals surface area contributed by atoms with E-state index in [-0.39, 0.29) is 12.4 Å². The van der Waals surface area contributed by atoms with E-state index in [9.17, 15) is 9.90 Å². The van der Waals surface area contributed by atoms with Crippen molar-refractivity contribution in [3.05, 3.63) is 0 Å². The highest BCUT2D eigenvalue weighted by atomic mass is 127. The van der Waals surface area contributed by atoms with Gasteiger partial charge >= 0.3 is 5.97 Å². The number of aliphatic hydroxyl groups is 1. The van der Waals surface area contributed by atoms with Crippen LogP contribution in [0.15, 0.2) is 0 Å². The highest BCUT2D eigenvalue weighted by Gasteiger charge is 2.43. The molecule has 0 radical (unpaired) electrons. The van der Waals surface area contributed by atoms with Crippen LogP contribution in [0.2, 0.25) is 0 Å². The largest absolute Gasteiger partial charge is 0.456 e. The van der Waals surface area contributed by atoms with Crippen LogP contribution in [-0.4, -0.2) is 27.2 Å². The van der Waals surface area contributed by atoms with Crippen molar-refractivity contribution in [2.45, 2.75) is 25.0 Å². The molecule has 1 N–H and O–H groups in total. The maximum Gasteiger partial charge on any atom is 0.309 e. The van der Waals surface area contributed by atoms with Crippen LogP contribution in [0.25, 0.3) is 0 Å². The Morgan fingerprint density at radius 3 is 2.80 bits per heavy atom. The number of ether oxygens (including phenoxy) is 1. The standard InChI is InChI=1S/C6H9IO3/c1-6(3-7)4(8)2-5(9)10-6/h4,8H,2-3H2,1H3/t4-,6-/m1/s1. The second kappa shape index (κ2) is 2.65. The third kappa shape index (κ3) is 1.27. The second-order valence-corrected chi connectivity index (χ2v) is 3.40. The Morgan fingerprint density at radius 1 is 2.00 bits per heavy atom. The summed E-state index contributed by atoms with van der Waals surface area (Å²) < 4.78 is 5.55. The quantitative estimate of drug-likeness (QED) is 0.422. The first-order valence-electron chi connectivity index (χ1n) is 3.04. The van der Waals surface area contributed by atoms with Crippen molar-refractivity contribution < 1.29 is 14.6 Å². The minimum Gasteiger partial charge on any atom is -0.456 e. The van der Waals surface area contributed by atoms with Gasteiger partial charge in [-0.2, -0.15) is 0 Å². The van der Waals surface area contributed by atoms with Crippen LogP contribution in [0.1, 0.15) is 13.3 Å². The Hall–Kier alpha value is 0.160. The zero-order valence-electron chi connectivity index (χ0n) is 5.63. The number of hydrogen-bond acceptors (Lipinski definition) is 3. The Balaban J connectivity index is 2.70. The van der Waals surface area contributed by atoms with Gasteiger partial charge < -0.3 is 9.84 Å². The Labute approximate surface area is 72.9 Å². The molecule has 1 rings (SSSR count). The summed E-state index contributed by atoms with van der Waals surface area (Å²) in [5.74, 6) is -0.299. The van der Waals surface area contributed by atoms with Gasteiger partial charge in [-0.3, -0.25) is 4.79 Å². The molecule has 0 saturated carbocycles. The summed E-state index contributed by atoms with van der Waals surface area (Å²) in [6, 6.07) is 0. The maximum atomic E-state index is 10.6. The summed E-state index contributed by atoms with van der Waals surface area (Å²) in [7, 11) is 0. The lowest BCUT2D eigenvalue weighted by atomic mass is 10.0. The normalized spacial score (nSPS) is 39.9. The van der Waals surface area contributed by atoms with Gasteiger partial charge in [-0.25, -0.2) is 0 Å². The lowest BCUT2D eigenvalue weighted by Crippen LogP contribution is -2.37. The summed E-state index contributed by atoms with van der Waals surface area (Å²) in [5, 5.41) is 9.27. The summed E-state index contributed by atoms with van der Waals surface area (Å²) in [4.78, 5) is 10.6. The minimum atomic E-state index is -0.641. The second-order valence-electron chi connectivity index (χ2n) is 2.64. The van der Waals surface area contributed by atoms with Crippen LogP contribution in [0.4, 0.5) is 0 Å². The zero-order chi connectivity index (χ0) is 7.78. The molecule has 1 aliphatic heterocycles. The molecule has 0 bridgehead atoms. The molecule has 58 valence electrons. The average Bonchev–Trinajstić information content (AvgIpc) is 2.09. The van der Waals surface area contributed by atoms with E-state index in [2.05, 4.69) is 22.6 Å². The van der Waals surface area contributed by atoms with E-state index in [1.54, 1.807) is 6.92 Å². The van der Waals surface area contributed by atoms with Crippen molar-refractivity contribution in [1.82, 2.24) is 0 Å². The third-order valence-corrected chi connectivity index (χ3v) is 3.19. The molecule has 0 aromatic heterocycles. The Bertz CT molecular complexity index is 159. The number of aliphatic hydroxyl groups excluding tert-OH is 1. The number of alkyl halides is 1. The topological polar surface area (TPSA) is 46.5 Å². The van der Waals surface area contributed by atoms with Crippen molar-refractivity contribution >= 4 is 28.6 Å². The molecule has 4 heteroatoms. The molecule has 2 atom stereocenters. The van der Waals surface area contributed by atoms with E-state index < -0.39 is 11.7 Å². The van der Waals surface area contributed by atoms with Gasteiger partial charge in [-0.15, -0.1) is 0 Å². The van der Waals surface area contributed by atoms with Crippen LogP contribution in [0.3, 0.4) is 0 Å². The van der Waals surface area contributed by atoms with E-state index in [4.69, 9.17) is 4.74 Å². The predicted octanol–water partition coefficient (Wildman–Crippen LogP) is 0.488. The molecule has 3 nitrogen and oxygen atoms in total. The van der Waals surface area contributed by atoms with Crippen LogP contribution < -0.4 is 0 Å². The van der Waals surface area contributed by atoms with Crippen LogP contribution in [0, 0.1) is 0 Å².